The molecule has 1 aromatic rings. The zero-order chi connectivity index (χ0) is 20.0. The maximum Gasteiger partial charge on any atom is 0.408 e. The van der Waals surface area contributed by atoms with Crippen molar-refractivity contribution in [3.8, 4) is 0 Å². The minimum absolute atomic E-state index is 0.0697. The quantitative estimate of drug-likeness (QED) is 0.814. The Labute approximate surface area is 159 Å². The number of halogens is 1. The number of benzene rings is 1. The Hall–Kier alpha value is -2.15. The highest BCUT2D eigenvalue weighted by Crippen LogP contribution is 2.19. The van der Waals surface area contributed by atoms with Crippen LogP contribution >= 0.6 is 0 Å². The predicted molar refractivity (Wildman–Crippen MR) is 97.7 cm³/mol. The van der Waals surface area contributed by atoms with Gasteiger partial charge >= 0.3 is 12.1 Å². The third-order valence-electron chi connectivity index (χ3n) is 4.24. The van der Waals surface area contributed by atoms with E-state index in [0.29, 0.717) is 26.1 Å². The molecule has 0 saturated carbocycles. The van der Waals surface area contributed by atoms with E-state index in [1.54, 1.807) is 39.8 Å². The van der Waals surface area contributed by atoms with Gasteiger partial charge in [0.05, 0.1) is 6.61 Å². The summed E-state index contributed by atoms with van der Waals surface area (Å²) in [6.07, 6.45) is -0.185. The number of hydrogen-bond acceptors (Lipinski definition) is 5. The maximum atomic E-state index is 13.1. The van der Waals surface area contributed by atoms with Gasteiger partial charge in [0.25, 0.3) is 0 Å². The fourth-order valence-electron chi connectivity index (χ4n) is 2.78. The van der Waals surface area contributed by atoms with Gasteiger partial charge in [0.15, 0.2) is 0 Å². The van der Waals surface area contributed by atoms with E-state index in [-0.39, 0.29) is 11.7 Å². The van der Waals surface area contributed by atoms with E-state index in [9.17, 15) is 14.0 Å². The first-order valence-corrected chi connectivity index (χ1v) is 9.16. The zero-order valence-corrected chi connectivity index (χ0v) is 16.3. The van der Waals surface area contributed by atoms with Crippen LogP contribution in [0.1, 0.15) is 39.7 Å². The minimum atomic E-state index is -0.827. The van der Waals surface area contributed by atoms with Crippen LogP contribution in [0.4, 0.5) is 9.18 Å². The molecule has 0 bridgehead atoms. The van der Waals surface area contributed by atoms with Crippen molar-refractivity contribution < 1.29 is 28.2 Å². The van der Waals surface area contributed by atoms with E-state index >= 15 is 0 Å². The van der Waals surface area contributed by atoms with Crippen molar-refractivity contribution in [2.75, 3.05) is 13.2 Å². The van der Waals surface area contributed by atoms with Crippen LogP contribution in [-0.2, 0) is 25.4 Å². The average Bonchev–Trinajstić information content (AvgIpc) is 2.61. The second-order valence-corrected chi connectivity index (χ2v) is 7.80. The molecule has 150 valence electrons. The summed E-state index contributed by atoms with van der Waals surface area (Å²) in [7, 11) is 0. The molecule has 0 unspecified atom stereocenters. The number of carbonyl (C=O) groups excluding carboxylic acids is 2. The van der Waals surface area contributed by atoms with Gasteiger partial charge in [-0.2, -0.15) is 0 Å². The van der Waals surface area contributed by atoms with Crippen LogP contribution in [0.15, 0.2) is 24.3 Å². The molecule has 1 aliphatic heterocycles. The normalized spacial score (nSPS) is 24.2. The van der Waals surface area contributed by atoms with E-state index < -0.39 is 29.8 Å². The van der Waals surface area contributed by atoms with Gasteiger partial charge in [-0.15, -0.1) is 0 Å². The number of carbonyl (C=O) groups is 2. The molecule has 0 spiro atoms. The number of esters is 1. The number of cyclic esters (lactones) is 1. The van der Waals surface area contributed by atoms with Crippen molar-refractivity contribution in [2.45, 2.75) is 58.3 Å². The molecule has 0 aliphatic carbocycles. The summed E-state index contributed by atoms with van der Waals surface area (Å²) in [5.41, 5.74) is 0.284. The number of rotatable bonds is 3. The number of amides is 1. The zero-order valence-electron chi connectivity index (χ0n) is 16.3. The molecule has 1 aromatic carbocycles. The van der Waals surface area contributed by atoms with Crippen LogP contribution in [0.25, 0.3) is 0 Å². The molecular weight excluding hydrogens is 353 g/mol. The largest absolute Gasteiger partial charge is 0.461 e. The van der Waals surface area contributed by atoms with Crippen molar-refractivity contribution in [1.82, 2.24) is 5.32 Å². The molecule has 1 saturated heterocycles. The molecule has 1 heterocycles. The fraction of sp³-hybridized carbons (Fsp3) is 0.600. The highest BCUT2D eigenvalue weighted by atomic mass is 19.1. The molecule has 6 nitrogen and oxygen atoms in total. The first-order chi connectivity index (χ1) is 12.6. The first kappa shape index (κ1) is 21.2. The monoisotopic (exact) mass is 381 g/mol. The van der Waals surface area contributed by atoms with Crippen LogP contribution in [0.2, 0.25) is 0 Å². The lowest BCUT2D eigenvalue weighted by molar-refractivity contribution is -0.153. The fourth-order valence-corrected chi connectivity index (χ4v) is 2.78. The van der Waals surface area contributed by atoms with Crippen LogP contribution in [0.5, 0.6) is 0 Å². The lowest BCUT2D eigenvalue weighted by atomic mass is 9.95. The van der Waals surface area contributed by atoms with Crippen LogP contribution in [0, 0.1) is 11.7 Å². The van der Waals surface area contributed by atoms with Crippen molar-refractivity contribution in [2.24, 2.45) is 5.92 Å². The Morgan fingerprint density at radius 3 is 2.59 bits per heavy atom. The predicted octanol–water partition coefficient (Wildman–Crippen LogP) is 3.23. The molecule has 2 rings (SSSR count). The summed E-state index contributed by atoms with van der Waals surface area (Å²) in [4.78, 5) is 24.4. The van der Waals surface area contributed by atoms with Crippen molar-refractivity contribution in [3.63, 3.8) is 0 Å². The standard InChI is InChI=1S/C20H28FNO5/c1-13-15(11-14-5-7-16(21)8-6-14)12-25-10-9-17(18(23)26-13)22-19(24)27-20(2,3)4/h5-8,13,15,17H,9-12H2,1-4H3,(H,22,24)/t13-,15+,17-/m0/s1. The summed E-state index contributed by atoms with van der Waals surface area (Å²) >= 11 is 0. The summed E-state index contributed by atoms with van der Waals surface area (Å²) in [5.74, 6) is -0.873. The third kappa shape index (κ3) is 7.17. The Morgan fingerprint density at radius 1 is 1.30 bits per heavy atom. The lowest BCUT2D eigenvalue weighted by Crippen LogP contribution is -2.45. The van der Waals surface area contributed by atoms with Crippen molar-refractivity contribution in [1.29, 1.82) is 0 Å². The molecule has 1 amide bonds. The van der Waals surface area contributed by atoms with E-state index in [1.807, 2.05) is 0 Å². The van der Waals surface area contributed by atoms with E-state index in [0.717, 1.165) is 5.56 Å². The molecule has 3 atom stereocenters. The average molecular weight is 381 g/mol. The maximum absolute atomic E-state index is 13.1. The first-order valence-electron chi connectivity index (χ1n) is 9.16. The Balaban J connectivity index is 1.99. The second kappa shape index (κ2) is 9.17. The van der Waals surface area contributed by atoms with Gasteiger partial charge in [-0.25, -0.2) is 14.0 Å². The minimum Gasteiger partial charge on any atom is -0.461 e. The number of ether oxygens (including phenoxy) is 3. The second-order valence-electron chi connectivity index (χ2n) is 7.80. The van der Waals surface area contributed by atoms with Gasteiger partial charge in [0.1, 0.15) is 23.6 Å². The SMILES string of the molecule is C[C@@H]1OC(=O)[C@@H](NC(=O)OC(C)(C)C)CCOC[C@H]1Cc1ccc(F)cc1. The number of hydrogen-bond donors (Lipinski definition) is 1. The molecule has 0 aromatic heterocycles. The molecule has 7 heteroatoms. The van der Waals surface area contributed by atoms with Crippen LogP contribution in [0.3, 0.4) is 0 Å². The Kier molecular flexibility index (Phi) is 7.18. The summed E-state index contributed by atoms with van der Waals surface area (Å²) in [6, 6.07) is 5.41. The van der Waals surface area contributed by atoms with Gasteiger partial charge in [-0.1, -0.05) is 12.1 Å². The van der Waals surface area contributed by atoms with Gasteiger partial charge in [0.2, 0.25) is 0 Å². The van der Waals surface area contributed by atoms with Gasteiger partial charge < -0.3 is 19.5 Å². The van der Waals surface area contributed by atoms with Gasteiger partial charge in [-0.05, 0) is 51.8 Å². The topological polar surface area (TPSA) is 73.9 Å². The molecule has 1 fully saturated rings. The summed E-state index contributed by atoms with van der Waals surface area (Å²) in [6.45, 7) is 7.76. The van der Waals surface area contributed by atoms with E-state index in [4.69, 9.17) is 14.2 Å². The Morgan fingerprint density at radius 2 is 1.96 bits per heavy atom. The number of alkyl carbamates (subject to hydrolysis) is 1. The molecule has 1 N–H and O–H groups in total. The molecule has 27 heavy (non-hydrogen) atoms. The van der Waals surface area contributed by atoms with E-state index in [1.165, 1.54) is 12.1 Å². The molecule has 0 radical (unpaired) electrons. The lowest BCUT2D eigenvalue weighted by Gasteiger charge is -2.25. The third-order valence-corrected chi connectivity index (χ3v) is 4.24. The highest BCUT2D eigenvalue weighted by Gasteiger charge is 2.30. The molecule has 1 aliphatic rings. The molecular formula is C20H28FNO5. The Bertz CT molecular complexity index is 641. The van der Waals surface area contributed by atoms with Crippen molar-refractivity contribution in [3.05, 3.63) is 35.6 Å². The summed E-state index contributed by atoms with van der Waals surface area (Å²) in [5, 5.41) is 2.55. The van der Waals surface area contributed by atoms with Crippen LogP contribution in [-0.4, -0.2) is 43.0 Å². The smallest absolute Gasteiger partial charge is 0.408 e. The van der Waals surface area contributed by atoms with Gasteiger partial charge in [0, 0.05) is 18.9 Å². The van der Waals surface area contributed by atoms with Gasteiger partial charge in [-0.3, -0.25) is 0 Å². The number of nitrogens with one attached hydrogen (secondary N) is 1. The van der Waals surface area contributed by atoms with Crippen molar-refractivity contribution >= 4 is 12.1 Å². The van der Waals surface area contributed by atoms with E-state index in [2.05, 4.69) is 5.32 Å². The highest BCUT2D eigenvalue weighted by molar-refractivity contribution is 5.81. The van der Waals surface area contributed by atoms with Crippen LogP contribution < -0.4 is 5.32 Å². The summed E-state index contributed by atoms with van der Waals surface area (Å²) < 4.78 is 29.5.